The summed E-state index contributed by atoms with van der Waals surface area (Å²) in [6.07, 6.45) is 1.77. The molecule has 0 spiro atoms. The zero-order valence-electron chi connectivity index (χ0n) is 16.8. The summed E-state index contributed by atoms with van der Waals surface area (Å²) in [4.78, 5) is 35.6. The number of carbonyl (C=O) groups is 2. The summed E-state index contributed by atoms with van der Waals surface area (Å²) in [5.74, 6) is -0.101. The van der Waals surface area contributed by atoms with Crippen LogP contribution in [0.25, 0.3) is 11.4 Å². The summed E-state index contributed by atoms with van der Waals surface area (Å²) < 4.78 is 10.6. The number of halogens is 1. The number of ether oxygens (including phenoxy) is 2. The van der Waals surface area contributed by atoms with Crippen molar-refractivity contribution in [1.29, 1.82) is 0 Å². The lowest BCUT2D eigenvalue weighted by molar-refractivity contribution is -0.122. The molecule has 0 radical (unpaired) electrons. The lowest BCUT2D eigenvalue weighted by Gasteiger charge is -2.20. The number of anilines is 2. The predicted molar refractivity (Wildman–Crippen MR) is 119 cm³/mol. The molecule has 0 saturated carbocycles. The van der Waals surface area contributed by atoms with Crippen molar-refractivity contribution in [2.24, 2.45) is 5.92 Å². The van der Waals surface area contributed by atoms with Gasteiger partial charge in [0.05, 0.1) is 36.5 Å². The van der Waals surface area contributed by atoms with Gasteiger partial charge in [0, 0.05) is 30.6 Å². The van der Waals surface area contributed by atoms with Crippen LogP contribution in [0.5, 0.6) is 11.5 Å². The number of rotatable bonds is 6. The maximum Gasteiger partial charge on any atom is 0.231 e. The van der Waals surface area contributed by atoms with Gasteiger partial charge in [-0.3, -0.25) is 14.6 Å². The molecule has 8 nitrogen and oxygen atoms in total. The fraction of sp³-hybridized carbons (Fsp3) is 0.238. The van der Waals surface area contributed by atoms with E-state index in [9.17, 15) is 9.59 Å². The Morgan fingerprint density at radius 1 is 1.23 bits per heavy atom. The average Bonchev–Trinajstić information content (AvgIpc) is 3.41. The molecule has 1 aromatic carbocycles. The number of nitrogens with one attached hydrogen (secondary N) is 1. The van der Waals surface area contributed by atoms with Crippen molar-refractivity contribution in [3.8, 4) is 22.9 Å². The van der Waals surface area contributed by atoms with E-state index in [1.807, 2.05) is 23.6 Å². The Morgan fingerprint density at radius 2 is 2.03 bits per heavy atom. The third kappa shape index (κ3) is 4.33. The zero-order chi connectivity index (χ0) is 22.0. The highest BCUT2D eigenvalue weighted by Gasteiger charge is 2.37. The van der Waals surface area contributed by atoms with Gasteiger partial charge >= 0.3 is 0 Å². The van der Waals surface area contributed by atoms with Crippen LogP contribution in [0, 0.1) is 5.92 Å². The number of hydrogen-bond acceptors (Lipinski definition) is 7. The molecule has 3 aromatic rings. The van der Waals surface area contributed by atoms with E-state index in [0.717, 1.165) is 5.69 Å². The second-order valence-electron chi connectivity index (χ2n) is 6.81. The molecule has 2 amide bonds. The largest absolute Gasteiger partial charge is 0.495 e. The van der Waals surface area contributed by atoms with Crippen LogP contribution in [0.4, 0.5) is 10.8 Å². The summed E-state index contributed by atoms with van der Waals surface area (Å²) in [5.41, 5.74) is 1.91. The van der Waals surface area contributed by atoms with Gasteiger partial charge in [0.1, 0.15) is 17.2 Å². The van der Waals surface area contributed by atoms with Crippen LogP contribution in [-0.2, 0) is 9.59 Å². The third-order valence-corrected chi connectivity index (χ3v) is 5.95. The number of nitrogens with zero attached hydrogens (tertiary/aromatic N) is 3. The number of carbonyl (C=O) groups excluding carboxylic acids is 2. The molecule has 0 aliphatic carbocycles. The van der Waals surface area contributed by atoms with Crippen LogP contribution in [0.2, 0.25) is 5.02 Å². The second kappa shape index (κ2) is 8.91. The number of aromatic nitrogens is 2. The molecule has 10 heteroatoms. The van der Waals surface area contributed by atoms with E-state index in [1.165, 1.54) is 30.5 Å². The quantitative estimate of drug-likeness (QED) is 0.602. The van der Waals surface area contributed by atoms with Gasteiger partial charge in [-0.2, -0.15) is 0 Å². The molecule has 1 fully saturated rings. The van der Waals surface area contributed by atoms with Gasteiger partial charge in [0.25, 0.3) is 0 Å². The summed E-state index contributed by atoms with van der Waals surface area (Å²) in [6.45, 7) is 0.210. The Balaban J connectivity index is 1.48. The summed E-state index contributed by atoms with van der Waals surface area (Å²) in [7, 11) is 3.00. The fourth-order valence-electron chi connectivity index (χ4n) is 3.34. The minimum absolute atomic E-state index is 0.0805. The zero-order valence-corrected chi connectivity index (χ0v) is 18.4. The standard InChI is InChI=1S/C21H19ClN4O4S/c1-29-17-9-18(30-2)16(8-13(17)22)26-10-12(7-19(26)27)20(28)25-21-24-15(11-31-21)14-5-3-4-6-23-14/h3-6,8-9,11-12H,7,10H2,1-2H3,(H,24,25,28)/t12-/m1/s1. The lowest BCUT2D eigenvalue weighted by atomic mass is 10.1. The molecule has 1 N–H and O–H groups in total. The summed E-state index contributed by atoms with van der Waals surface area (Å²) in [5, 5.41) is 5.45. The maximum atomic E-state index is 12.8. The Kier molecular flexibility index (Phi) is 6.06. The van der Waals surface area contributed by atoms with E-state index < -0.39 is 5.92 Å². The topological polar surface area (TPSA) is 93.7 Å². The number of amides is 2. The van der Waals surface area contributed by atoms with E-state index in [1.54, 1.807) is 18.3 Å². The second-order valence-corrected chi connectivity index (χ2v) is 8.07. The summed E-state index contributed by atoms with van der Waals surface area (Å²) in [6, 6.07) is 8.77. The van der Waals surface area contributed by atoms with Crippen LogP contribution < -0.4 is 19.7 Å². The molecule has 3 heterocycles. The number of benzene rings is 1. The molecular weight excluding hydrogens is 440 g/mol. The van der Waals surface area contributed by atoms with Gasteiger partial charge in [-0.25, -0.2) is 4.98 Å². The number of pyridine rings is 1. The Bertz CT molecular complexity index is 1120. The molecule has 1 saturated heterocycles. The minimum atomic E-state index is -0.528. The van der Waals surface area contributed by atoms with Gasteiger partial charge < -0.3 is 19.7 Å². The van der Waals surface area contributed by atoms with Crippen molar-refractivity contribution in [3.63, 3.8) is 0 Å². The molecule has 0 bridgehead atoms. The molecule has 31 heavy (non-hydrogen) atoms. The Hall–Kier alpha value is -3.17. The van der Waals surface area contributed by atoms with E-state index in [0.29, 0.717) is 33.0 Å². The molecule has 1 aliphatic heterocycles. The molecule has 1 aliphatic rings. The van der Waals surface area contributed by atoms with Crippen LogP contribution in [0.1, 0.15) is 6.42 Å². The van der Waals surface area contributed by atoms with Crippen molar-refractivity contribution in [1.82, 2.24) is 9.97 Å². The first-order valence-corrected chi connectivity index (χ1v) is 10.7. The normalized spacial score (nSPS) is 15.8. The van der Waals surface area contributed by atoms with Crippen LogP contribution in [0.3, 0.4) is 0 Å². The highest BCUT2D eigenvalue weighted by molar-refractivity contribution is 7.14. The first-order chi connectivity index (χ1) is 15.0. The summed E-state index contributed by atoms with van der Waals surface area (Å²) >= 11 is 7.54. The van der Waals surface area contributed by atoms with Crippen molar-refractivity contribution in [2.75, 3.05) is 31.0 Å². The van der Waals surface area contributed by atoms with E-state index in [2.05, 4.69) is 15.3 Å². The smallest absolute Gasteiger partial charge is 0.231 e. The van der Waals surface area contributed by atoms with Crippen molar-refractivity contribution in [3.05, 3.63) is 46.9 Å². The molecule has 0 unspecified atom stereocenters. The van der Waals surface area contributed by atoms with Gasteiger partial charge in [0.15, 0.2) is 5.13 Å². The van der Waals surface area contributed by atoms with Crippen molar-refractivity contribution >= 4 is 45.6 Å². The molecule has 1 atom stereocenters. The van der Waals surface area contributed by atoms with E-state index in [-0.39, 0.29) is 24.8 Å². The van der Waals surface area contributed by atoms with Crippen LogP contribution in [-0.4, -0.2) is 42.5 Å². The fourth-order valence-corrected chi connectivity index (χ4v) is 4.28. The van der Waals surface area contributed by atoms with Gasteiger partial charge in [-0.05, 0) is 18.2 Å². The Morgan fingerprint density at radius 3 is 2.74 bits per heavy atom. The molecule has 160 valence electrons. The van der Waals surface area contributed by atoms with E-state index >= 15 is 0 Å². The molecule has 4 rings (SSSR count). The lowest BCUT2D eigenvalue weighted by Crippen LogP contribution is -2.28. The number of thiazole rings is 1. The highest BCUT2D eigenvalue weighted by atomic mass is 35.5. The highest BCUT2D eigenvalue weighted by Crippen LogP contribution is 2.40. The monoisotopic (exact) mass is 458 g/mol. The first kappa shape index (κ1) is 21.1. The third-order valence-electron chi connectivity index (χ3n) is 4.90. The number of hydrogen-bond donors (Lipinski definition) is 1. The average molecular weight is 459 g/mol. The van der Waals surface area contributed by atoms with Gasteiger partial charge in [-0.15, -0.1) is 11.3 Å². The maximum absolute atomic E-state index is 12.8. The van der Waals surface area contributed by atoms with Gasteiger partial charge in [0.2, 0.25) is 11.8 Å². The van der Waals surface area contributed by atoms with Crippen molar-refractivity contribution in [2.45, 2.75) is 6.42 Å². The van der Waals surface area contributed by atoms with Gasteiger partial charge in [-0.1, -0.05) is 17.7 Å². The predicted octanol–water partition coefficient (Wildman–Crippen LogP) is 3.87. The SMILES string of the molecule is COc1cc(OC)c(N2C[C@H](C(=O)Nc3nc(-c4ccccn4)cs3)CC2=O)cc1Cl. The Labute approximate surface area is 187 Å². The molecule has 2 aromatic heterocycles. The van der Waals surface area contributed by atoms with E-state index in [4.69, 9.17) is 21.1 Å². The first-order valence-electron chi connectivity index (χ1n) is 9.40. The minimum Gasteiger partial charge on any atom is -0.495 e. The van der Waals surface area contributed by atoms with Crippen LogP contribution >= 0.6 is 22.9 Å². The van der Waals surface area contributed by atoms with Crippen molar-refractivity contribution < 1.29 is 19.1 Å². The number of methoxy groups -OCH3 is 2. The van der Waals surface area contributed by atoms with Crippen LogP contribution in [0.15, 0.2) is 41.9 Å². The molecular formula is C21H19ClN4O4S.